The molecule has 0 rings (SSSR count). The minimum Gasteiger partial charge on any atom is -0.346 e. The molecule has 0 spiro atoms. The fourth-order valence-electron chi connectivity index (χ4n) is 0.449. The number of amides is 2. The summed E-state index contributed by atoms with van der Waals surface area (Å²) in [5.74, 6) is -1.12. The largest absolute Gasteiger partial charge is 0.346 e. The number of nitrogens with zero attached hydrogens (tertiary/aromatic N) is 1. The zero-order valence-corrected chi connectivity index (χ0v) is 6.18. The van der Waals surface area contributed by atoms with E-state index in [1.165, 1.54) is 4.90 Å². The van der Waals surface area contributed by atoms with Crippen molar-refractivity contribution in [1.29, 1.82) is 0 Å². The van der Waals surface area contributed by atoms with E-state index in [2.05, 4.69) is 0 Å². The van der Waals surface area contributed by atoms with E-state index in [-0.39, 0.29) is 12.3 Å². The minimum atomic E-state index is -0.828. The molecule has 0 fully saturated rings. The molecule has 1 radical (unpaired) electrons. The van der Waals surface area contributed by atoms with E-state index in [4.69, 9.17) is 5.73 Å². The summed E-state index contributed by atoms with van der Waals surface area (Å²) in [6.07, 6.45) is -0.301. The van der Waals surface area contributed by atoms with Crippen molar-refractivity contribution in [2.75, 3.05) is 13.6 Å². The predicted octanol–water partition coefficient (Wildman–Crippen LogP) is -0.336. The highest BCUT2D eigenvalue weighted by molar-refractivity contribution is 5.95. The Kier molecular flexibility index (Phi) is 3.46. The van der Waals surface area contributed by atoms with E-state index in [0.717, 1.165) is 0 Å². The van der Waals surface area contributed by atoms with Crippen LogP contribution in [0.1, 0.15) is 13.3 Å². The molecule has 4 nitrogen and oxygen atoms in total. The monoisotopic (exact) mass is 143 g/mol. The molecule has 57 valence electrons. The van der Waals surface area contributed by atoms with Gasteiger partial charge in [0.05, 0.1) is 0 Å². The van der Waals surface area contributed by atoms with Crippen molar-refractivity contribution in [3.63, 3.8) is 0 Å². The van der Waals surface area contributed by atoms with Crippen molar-refractivity contribution in [1.82, 2.24) is 10.6 Å². The van der Waals surface area contributed by atoms with Crippen LogP contribution < -0.4 is 5.73 Å². The smallest absolute Gasteiger partial charge is 0.247 e. The van der Waals surface area contributed by atoms with Crippen LogP contribution in [0, 0.1) is 0 Å². The fourth-order valence-corrected chi connectivity index (χ4v) is 0.449. The van der Waals surface area contributed by atoms with Crippen LogP contribution in [0.15, 0.2) is 0 Å². The lowest BCUT2D eigenvalue weighted by molar-refractivity contribution is -0.134. The molecule has 0 aromatic carbocycles. The lowest BCUT2D eigenvalue weighted by atomic mass is 10.3. The van der Waals surface area contributed by atoms with E-state index in [1.807, 2.05) is 6.92 Å². The number of carbonyl (C=O) groups is 2. The molecule has 1 N–H and O–H groups in total. The van der Waals surface area contributed by atoms with E-state index in [9.17, 15) is 9.59 Å². The van der Waals surface area contributed by atoms with Gasteiger partial charge in [0.2, 0.25) is 11.8 Å². The Morgan fingerprint density at radius 2 is 2.00 bits per heavy atom. The van der Waals surface area contributed by atoms with Gasteiger partial charge in [0.15, 0.2) is 0 Å². The zero-order chi connectivity index (χ0) is 8.15. The first kappa shape index (κ1) is 8.94. The van der Waals surface area contributed by atoms with Crippen LogP contribution in [-0.2, 0) is 9.59 Å². The standard InChI is InChI=1S/C6H11N2O2/c1-3-8(2)6(10)4-5(7)9/h7H,3-4H2,1-2H3. The van der Waals surface area contributed by atoms with Crippen LogP contribution in [0.2, 0.25) is 0 Å². The second kappa shape index (κ2) is 3.87. The Labute approximate surface area is 60.0 Å². The summed E-state index contributed by atoms with van der Waals surface area (Å²) < 4.78 is 0. The van der Waals surface area contributed by atoms with E-state index < -0.39 is 5.91 Å². The predicted molar refractivity (Wildman–Crippen MR) is 36.0 cm³/mol. The van der Waals surface area contributed by atoms with Gasteiger partial charge in [-0.3, -0.25) is 15.3 Å². The molecule has 0 saturated carbocycles. The normalized spacial score (nSPS) is 9.00. The minimum absolute atomic E-state index is 0.289. The zero-order valence-electron chi connectivity index (χ0n) is 6.18. The van der Waals surface area contributed by atoms with Gasteiger partial charge in [-0.25, -0.2) is 0 Å². The molecule has 0 aliphatic heterocycles. The molecule has 0 aromatic rings. The van der Waals surface area contributed by atoms with Crippen molar-refractivity contribution >= 4 is 11.8 Å². The van der Waals surface area contributed by atoms with Crippen LogP contribution in [0.5, 0.6) is 0 Å². The molecule has 0 aliphatic rings. The summed E-state index contributed by atoms with van der Waals surface area (Å²) >= 11 is 0. The molecule has 0 heterocycles. The first-order valence-corrected chi connectivity index (χ1v) is 3.06. The fraction of sp³-hybridized carbons (Fsp3) is 0.667. The highest BCUT2D eigenvalue weighted by atomic mass is 16.2. The molecular formula is C6H11N2O2. The van der Waals surface area contributed by atoms with Crippen molar-refractivity contribution in [3.05, 3.63) is 0 Å². The van der Waals surface area contributed by atoms with Crippen molar-refractivity contribution in [2.24, 2.45) is 0 Å². The van der Waals surface area contributed by atoms with Crippen molar-refractivity contribution in [3.8, 4) is 0 Å². The first-order chi connectivity index (χ1) is 4.57. The maximum absolute atomic E-state index is 10.8. The van der Waals surface area contributed by atoms with E-state index in [0.29, 0.717) is 6.54 Å². The Balaban J connectivity index is 3.73. The van der Waals surface area contributed by atoms with Crippen LogP contribution in [-0.4, -0.2) is 30.3 Å². The molecule has 0 aliphatic carbocycles. The highest BCUT2D eigenvalue weighted by Crippen LogP contribution is 1.88. The Bertz CT molecular complexity index is 145. The van der Waals surface area contributed by atoms with Crippen LogP contribution in [0.25, 0.3) is 0 Å². The number of nitrogens with one attached hydrogen (secondary N) is 1. The average molecular weight is 143 g/mol. The van der Waals surface area contributed by atoms with Gasteiger partial charge in [-0.15, -0.1) is 0 Å². The quantitative estimate of drug-likeness (QED) is 0.507. The van der Waals surface area contributed by atoms with Gasteiger partial charge in [-0.05, 0) is 6.92 Å². The Morgan fingerprint density at radius 1 is 1.50 bits per heavy atom. The molecular weight excluding hydrogens is 132 g/mol. The maximum atomic E-state index is 10.8. The SMILES string of the molecule is CCN(C)C(=O)CC([NH])=O. The van der Waals surface area contributed by atoms with Crippen LogP contribution in [0.3, 0.4) is 0 Å². The topological polar surface area (TPSA) is 61.2 Å². The second-order valence-electron chi connectivity index (χ2n) is 2.01. The maximum Gasteiger partial charge on any atom is 0.247 e. The van der Waals surface area contributed by atoms with Crippen molar-refractivity contribution in [2.45, 2.75) is 13.3 Å². The molecule has 4 heteroatoms. The third-order valence-corrected chi connectivity index (χ3v) is 1.21. The van der Waals surface area contributed by atoms with Crippen LogP contribution in [0.4, 0.5) is 0 Å². The number of hydrogen-bond donors (Lipinski definition) is 0. The summed E-state index contributed by atoms with van der Waals surface area (Å²) in [5, 5.41) is 0. The van der Waals surface area contributed by atoms with Gasteiger partial charge in [0.25, 0.3) is 0 Å². The number of rotatable bonds is 3. The van der Waals surface area contributed by atoms with Crippen LogP contribution >= 0.6 is 0 Å². The van der Waals surface area contributed by atoms with E-state index >= 15 is 0 Å². The summed E-state index contributed by atoms with van der Waals surface area (Å²) in [6.45, 7) is 2.39. The third kappa shape index (κ3) is 3.06. The Morgan fingerprint density at radius 3 is 2.30 bits per heavy atom. The summed E-state index contributed by atoms with van der Waals surface area (Å²) in [5.41, 5.74) is 6.49. The average Bonchev–Trinajstić information content (AvgIpc) is 1.85. The second-order valence-corrected chi connectivity index (χ2v) is 2.01. The van der Waals surface area contributed by atoms with Gasteiger partial charge >= 0.3 is 0 Å². The van der Waals surface area contributed by atoms with Gasteiger partial charge in [0, 0.05) is 13.6 Å². The lowest BCUT2D eigenvalue weighted by Crippen LogP contribution is -2.28. The Hall–Kier alpha value is -1.06. The lowest BCUT2D eigenvalue weighted by Gasteiger charge is -2.11. The summed E-state index contributed by atoms with van der Waals surface area (Å²) in [7, 11) is 1.60. The number of hydrogen-bond acceptors (Lipinski definition) is 2. The molecule has 0 atom stereocenters. The summed E-state index contributed by atoms with van der Waals surface area (Å²) in [4.78, 5) is 22.3. The molecule has 2 amide bonds. The first-order valence-electron chi connectivity index (χ1n) is 3.06. The number of carbonyl (C=O) groups excluding carboxylic acids is 2. The molecule has 0 saturated heterocycles. The molecule has 0 bridgehead atoms. The molecule has 0 unspecified atom stereocenters. The molecule has 0 aromatic heterocycles. The molecule has 10 heavy (non-hydrogen) atoms. The van der Waals surface area contributed by atoms with Crippen molar-refractivity contribution < 1.29 is 9.59 Å². The van der Waals surface area contributed by atoms with E-state index in [1.54, 1.807) is 7.05 Å². The van der Waals surface area contributed by atoms with Gasteiger partial charge < -0.3 is 4.90 Å². The van der Waals surface area contributed by atoms with Gasteiger partial charge in [-0.1, -0.05) is 0 Å². The highest BCUT2D eigenvalue weighted by Gasteiger charge is 2.09. The summed E-state index contributed by atoms with van der Waals surface area (Å²) in [6, 6.07) is 0. The van der Waals surface area contributed by atoms with Gasteiger partial charge in [0.1, 0.15) is 6.42 Å². The third-order valence-electron chi connectivity index (χ3n) is 1.21. The van der Waals surface area contributed by atoms with Gasteiger partial charge in [-0.2, -0.15) is 0 Å².